The van der Waals surface area contributed by atoms with Gasteiger partial charge in [0, 0.05) is 18.6 Å². The number of carbonyl (C=O) groups is 1. The molecular formula is C33H77N9OS. The van der Waals surface area contributed by atoms with Crippen molar-refractivity contribution in [2.24, 2.45) is 39.9 Å². The van der Waals surface area contributed by atoms with Gasteiger partial charge in [-0.05, 0) is 79.9 Å². The molecule has 0 heterocycles. The van der Waals surface area contributed by atoms with Gasteiger partial charge in [0.1, 0.15) is 6.17 Å². The molecular weight excluding hydrogens is 570 g/mol. The van der Waals surface area contributed by atoms with Crippen molar-refractivity contribution in [3.63, 3.8) is 0 Å². The average Bonchev–Trinajstić information content (AvgIpc) is 3.13. The van der Waals surface area contributed by atoms with Crippen LogP contribution < -0.4 is 0 Å². The summed E-state index contributed by atoms with van der Waals surface area (Å²) in [6.07, 6.45) is 6.20. The highest BCUT2D eigenvalue weighted by Gasteiger charge is 1.82. The monoisotopic (exact) mass is 648 g/mol. The molecule has 2 amide bonds. The normalized spacial score (nSPS) is 7.84. The zero-order valence-electron chi connectivity index (χ0n) is 33.1. The molecule has 0 bridgehead atoms. The summed E-state index contributed by atoms with van der Waals surface area (Å²) >= 11 is 4.53. The first-order valence-electron chi connectivity index (χ1n) is 15.7. The van der Waals surface area contributed by atoms with Crippen molar-refractivity contribution >= 4 is 81.0 Å². The Bertz CT molecular complexity index is 550. The van der Waals surface area contributed by atoms with Crippen LogP contribution in [0.15, 0.2) is 39.9 Å². The molecule has 0 saturated carbocycles. The summed E-state index contributed by atoms with van der Waals surface area (Å²) in [6.45, 7) is 53.4. The first-order chi connectivity index (χ1) is 21.2. The molecule has 0 saturated heterocycles. The predicted molar refractivity (Wildman–Crippen MR) is 221 cm³/mol. The van der Waals surface area contributed by atoms with Crippen LogP contribution in [0.1, 0.15) is 145 Å². The Morgan fingerprint density at radius 1 is 0.568 bits per heavy atom. The number of aliphatic imine (C=N–C) groups is 8. The first-order valence-corrected chi connectivity index (χ1v) is 16.1. The number of urea groups is 1. The highest BCUT2D eigenvalue weighted by molar-refractivity contribution is 7.80. The molecule has 0 fully saturated rings. The maximum absolute atomic E-state index is 9.98. The van der Waals surface area contributed by atoms with Gasteiger partial charge in [-0.15, -0.1) is 0 Å². The highest BCUT2D eigenvalue weighted by Crippen LogP contribution is 1.84. The molecule has 1 N–H and O–H groups in total. The second kappa shape index (κ2) is 139. The number of rotatable bonds is 2. The van der Waals surface area contributed by atoms with E-state index in [2.05, 4.69) is 79.0 Å². The summed E-state index contributed by atoms with van der Waals surface area (Å²) in [5, 5.41) is 7.00. The summed E-state index contributed by atoms with van der Waals surface area (Å²) < 4.78 is 0. The van der Waals surface area contributed by atoms with Crippen molar-refractivity contribution in [2.75, 3.05) is 0 Å². The smallest absolute Gasteiger partial charge is 0.275 e. The molecule has 266 valence electrons. The molecule has 0 aliphatic carbocycles. The Hall–Kier alpha value is -3.21. The Morgan fingerprint density at radius 2 is 0.886 bits per heavy atom. The van der Waals surface area contributed by atoms with Crippen LogP contribution >= 0.6 is 12.2 Å². The Morgan fingerprint density at radius 3 is 0.977 bits per heavy atom. The van der Waals surface area contributed by atoms with Crippen LogP contribution in [0.4, 0.5) is 4.79 Å². The largest absolute Gasteiger partial charge is 0.366 e. The van der Waals surface area contributed by atoms with E-state index in [9.17, 15) is 4.79 Å². The minimum Gasteiger partial charge on any atom is -0.275 e. The highest BCUT2D eigenvalue weighted by atomic mass is 32.1. The van der Waals surface area contributed by atoms with E-state index < -0.39 is 6.03 Å². The fourth-order valence-electron chi connectivity index (χ4n) is 0.729. The van der Waals surface area contributed by atoms with E-state index in [1.54, 1.807) is 33.2 Å². The summed E-state index contributed by atoms with van der Waals surface area (Å²) in [4.78, 5) is 37.4. The number of thiocarbonyl (C=S) groups is 1. The third-order valence-corrected chi connectivity index (χ3v) is 2.01. The zero-order valence-corrected chi connectivity index (χ0v) is 33.9. The third kappa shape index (κ3) is 197. The van der Waals surface area contributed by atoms with Crippen molar-refractivity contribution in [3.05, 3.63) is 0 Å². The maximum Gasteiger partial charge on any atom is 0.366 e. The van der Waals surface area contributed by atoms with E-state index in [1.807, 2.05) is 125 Å². The summed E-state index contributed by atoms with van der Waals surface area (Å²) in [6, 6.07) is -0.539. The average molecular weight is 648 g/mol. The van der Waals surface area contributed by atoms with Gasteiger partial charge in [0.15, 0.2) is 0 Å². The first kappa shape index (κ1) is 77.9. The number of guanidine groups is 1. The molecule has 0 rings (SSSR count). The Labute approximate surface area is 282 Å². The van der Waals surface area contributed by atoms with Gasteiger partial charge in [-0.2, -0.15) is 0 Å². The van der Waals surface area contributed by atoms with Crippen molar-refractivity contribution in [1.82, 2.24) is 0 Å². The molecule has 0 spiro atoms. The topological polar surface area (TPSA) is 140 Å². The number of nitrogens with one attached hydrogen (secondary N) is 1. The Balaban J connectivity index is -0.0000000269. The van der Waals surface area contributed by atoms with Gasteiger partial charge >= 0.3 is 6.03 Å². The van der Waals surface area contributed by atoms with Crippen LogP contribution in [-0.2, 0) is 0 Å². The van der Waals surface area contributed by atoms with E-state index >= 15 is 0 Å². The van der Waals surface area contributed by atoms with E-state index in [0.29, 0.717) is 5.11 Å². The second-order valence-corrected chi connectivity index (χ2v) is 4.11. The molecule has 44 heavy (non-hydrogen) atoms. The molecule has 1 unspecified atom stereocenters. The predicted octanol–water partition coefficient (Wildman–Crippen LogP) is 12.0. The minimum atomic E-state index is -0.539. The van der Waals surface area contributed by atoms with Crippen LogP contribution in [0.3, 0.4) is 0 Å². The van der Waals surface area contributed by atoms with Crippen LogP contribution in [-0.4, -0.2) is 75.0 Å². The molecule has 10 nitrogen and oxygen atoms in total. The van der Waals surface area contributed by atoms with Gasteiger partial charge < -0.3 is 0 Å². The van der Waals surface area contributed by atoms with Crippen molar-refractivity contribution in [3.8, 4) is 0 Å². The standard InChI is InChI=1S/C5H10N2.C4H7N3.C4H6N2O.C4H6N2S.8C2H6/c1-4-7-5(2)6-3;1-3-7-4(5)6-2;2*1-3-6-4(7)5-2;8*1-2/h4-5H,3H2,1-2H3;3,5H,2H2,1H3;2*3H,2H2,1H3;8*1-2H3. The summed E-state index contributed by atoms with van der Waals surface area (Å²) in [5.41, 5.74) is 0. The number of amides is 2. The van der Waals surface area contributed by atoms with Gasteiger partial charge in [0.2, 0.25) is 11.1 Å². The fourth-order valence-corrected chi connectivity index (χ4v) is 0.834. The maximum atomic E-state index is 9.98. The van der Waals surface area contributed by atoms with Crippen molar-refractivity contribution in [1.29, 1.82) is 5.41 Å². The lowest BCUT2D eigenvalue weighted by Gasteiger charge is -1.91. The van der Waals surface area contributed by atoms with Gasteiger partial charge in [-0.3, -0.25) is 15.4 Å². The number of nitrogens with zero attached hydrogens (tertiary/aromatic N) is 8. The fraction of sp³-hybridized carbons (Fsp3) is 0.667. The second-order valence-electron chi connectivity index (χ2n) is 3.75. The van der Waals surface area contributed by atoms with Crippen LogP contribution in [0, 0.1) is 5.41 Å². The van der Waals surface area contributed by atoms with Crippen LogP contribution in [0.25, 0.3) is 0 Å². The van der Waals surface area contributed by atoms with Crippen molar-refractivity contribution in [2.45, 2.75) is 152 Å². The van der Waals surface area contributed by atoms with Gasteiger partial charge in [-0.1, -0.05) is 111 Å². The lowest BCUT2D eigenvalue weighted by Crippen LogP contribution is -1.88. The van der Waals surface area contributed by atoms with E-state index in [-0.39, 0.29) is 12.1 Å². The lowest BCUT2D eigenvalue weighted by atomic mass is 10.6. The number of hydrogen-bond donors (Lipinski definition) is 1. The molecule has 0 aliphatic rings. The molecule has 0 aromatic heterocycles. The van der Waals surface area contributed by atoms with Crippen molar-refractivity contribution < 1.29 is 4.79 Å². The Kier molecular flexibility index (Phi) is 245. The molecule has 0 aliphatic heterocycles. The van der Waals surface area contributed by atoms with Crippen LogP contribution in [0.5, 0.6) is 0 Å². The van der Waals surface area contributed by atoms with E-state index in [1.165, 1.54) is 12.4 Å². The zero-order chi connectivity index (χ0) is 38.8. The summed E-state index contributed by atoms with van der Waals surface area (Å²) in [5.74, 6) is -0.0394. The van der Waals surface area contributed by atoms with Gasteiger partial charge in [0.25, 0.3) is 0 Å². The molecule has 0 aromatic rings. The number of carbonyl (C=O) groups excluding carboxylic acids is 1. The van der Waals surface area contributed by atoms with Gasteiger partial charge in [0.05, 0.1) is 0 Å². The molecule has 0 aromatic carbocycles. The van der Waals surface area contributed by atoms with Crippen LogP contribution in [0.2, 0.25) is 0 Å². The summed E-state index contributed by atoms with van der Waals surface area (Å²) in [7, 11) is 0. The van der Waals surface area contributed by atoms with Gasteiger partial charge in [-0.25, -0.2) is 34.7 Å². The van der Waals surface area contributed by atoms with E-state index in [0.717, 1.165) is 0 Å². The SMILES string of the molecule is C=NC(=N)N=CC.C=NC(=O)N=CC.C=NC(=S)N=CC.C=NC(C)N=CC.CC.CC.CC.CC.CC.CC.CC.CC. The lowest BCUT2D eigenvalue weighted by molar-refractivity contribution is 0.257. The third-order valence-electron chi connectivity index (χ3n) is 1.78. The minimum absolute atomic E-state index is 0.0324. The number of hydrogen-bond acceptors (Lipinski definition) is 5. The molecule has 11 heteroatoms. The van der Waals surface area contributed by atoms with E-state index in [4.69, 9.17) is 5.41 Å². The quantitative estimate of drug-likeness (QED) is 0.181. The molecule has 0 radical (unpaired) electrons. The molecule has 1 atom stereocenters.